The summed E-state index contributed by atoms with van der Waals surface area (Å²) >= 11 is 6.10. The Kier molecular flexibility index (Phi) is 6.85. The van der Waals surface area contributed by atoms with Gasteiger partial charge in [0.1, 0.15) is 9.73 Å². The third-order valence-electron chi connectivity index (χ3n) is 4.53. The molecule has 0 aliphatic rings. The highest BCUT2D eigenvalue weighted by Crippen LogP contribution is 2.32. The van der Waals surface area contributed by atoms with Crippen LogP contribution in [0.4, 0.5) is 13.2 Å². The molecule has 1 aromatic heterocycles. The molecule has 1 heterocycles. The molecule has 0 saturated heterocycles. The van der Waals surface area contributed by atoms with Crippen molar-refractivity contribution in [2.24, 2.45) is 0 Å². The molecule has 32 heavy (non-hydrogen) atoms. The van der Waals surface area contributed by atoms with Gasteiger partial charge in [-0.2, -0.15) is 18.3 Å². The van der Waals surface area contributed by atoms with Crippen LogP contribution in [0.3, 0.4) is 0 Å². The predicted molar refractivity (Wildman–Crippen MR) is 113 cm³/mol. The lowest BCUT2D eigenvalue weighted by Gasteiger charge is -2.14. The molecule has 0 aliphatic carbocycles. The Bertz CT molecular complexity index is 1260. The van der Waals surface area contributed by atoms with Crippen molar-refractivity contribution in [1.29, 1.82) is 4.78 Å². The Morgan fingerprint density at radius 2 is 1.84 bits per heavy atom. The van der Waals surface area contributed by atoms with Crippen LogP contribution in [-0.4, -0.2) is 26.9 Å². The summed E-state index contributed by atoms with van der Waals surface area (Å²) in [5, 5.41) is 10.2. The van der Waals surface area contributed by atoms with Gasteiger partial charge < -0.3 is 5.32 Å². The molecule has 0 saturated carbocycles. The van der Waals surface area contributed by atoms with E-state index in [-0.39, 0.29) is 12.1 Å². The third-order valence-corrected chi connectivity index (χ3v) is 6.66. The smallest absolute Gasteiger partial charge is 0.352 e. The Labute approximate surface area is 187 Å². The van der Waals surface area contributed by atoms with E-state index in [0.717, 1.165) is 23.8 Å². The second-order valence-electron chi connectivity index (χ2n) is 6.88. The Morgan fingerprint density at radius 3 is 2.53 bits per heavy atom. The lowest BCUT2D eigenvalue weighted by Crippen LogP contribution is -2.28. The molecule has 3 rings (SSSR count). The molecular weight excluding hydrogens is 465 g/mol. The monoisotopic (exact) mass is 482 g/mol. The van der Waals surface area contributed by atoms with Crippen molar-refractivity contribution in [3.05, 3.63) is 82.0 Å². The van der Waals surface area contributed by atoms with E-state index in [1.54, 1.807) is 19.1 Å². The predicted octanol–water partition coefficient (Wildman–Crippen LogP) is 4.89. The van der Waals surface area contributed by atoms with Gasteiger partial charge in [-0.05, 0) is 49.2 Å². The van der Waals surface area contributed by atoms with E-state index in [1.807, 2.05) is 12.1 Å². The van der Waals surface area contributed by atoms with E-state index in [0.29, 0.717) is 23.2 Å². The summed E-state index contributed by atoms with van der Waals surface area (Å²) in [4.78, 5) is 12.4. The van der Waals surface area contributed by atoms with Crippen LogP contribution in [0, 0.1) is 11.7 Å². The number of nitrogens with one attached hydrogen (secondary N) is 2. The first-order valence-corrected chi connectivity index (χ1v) is 11.3. The van der Waals surface area contributed by atoms with Crippen molar-refractivity contribution >= 4 is 27.2 Å². The lowest BCUT2D eigenvalue weighted by molar-refractivity contribution is -0.137. The fourth-order valence-corrected chi connectivity index (χ4v) is 4.56. The molecule has 0 bridgehead atoms. The van der Waals surface area contributed by atoms with Crippen molar-refractivity contribution in [3.8, 4) is 0 Å². The zero-order chi connectivity index (χ0) is 23.5. The number of halogens is 4. The van der Waals surface area contributed by atoms with Gasteiger partial charge in [0.05, 0.1) is 21.7 Å². The van der Waals surface area contributed by atoms with Gasteiger partial charge in [-0.25, -0.2) is 8.99 Å². The lowest BCUT2D eigenvalue weighted by atomic mass is 10.1. The van der Waals surface area contributed by atoms with Crippen molar-refractivity contribution < 1.29 is 22.2 Å². The first-order chi connectivity index (χ1) is 15.0. The SMILES string of the molecule is Cc1cc(C(=O)NCCc2ccccc2Cl)c([S@@](=N)(=O)c2cccc(C(F)(F)F)c2)nn1. The summed E-state index contributed by atoms with van der Waals surface area (Å²) < 4.78 is 60.8. The molecule has 168 valence electrons. The number of aromatic nitrogens is 2. The minimum atomic E-state index is -4.68. The average Bonchev–Trinajstić information content (AvgIpc) is 2.74. The summed E-state index contributed by atoms with van der Waals surface area (Å²) in [5.41, 5.74) is -0.105. The van der Waals surface area contributed by atoms with E-state index < -0.39 is 37.3 Å². The minimum Gasteiger partial charge on any atom is -0.352 e. The maximum absolute atomic E-state index is 13.2. The first-order valence-electron chi connectivity index (χ1n) is 9.32. The standard InChI is InChI=1S/C21H18ClF3N4O2S/c1-13-11-17(19(30)27-10-9-14-5-2-3-8-18(14)22)20(29-28-13)32(26,31)16-7-4-6-15(12-16)21(23,24)25/h2-8,11-12,26H,9-10H2,1H3,(H,27,30)/t32-/m0/s1. The van der Waals surface area contributed by atoms with Crippen LogP contribution >= 0.6 is 11.6 Å². The van der Waals surface area contributed by atoms with Crippen molar-refractivity contribution in [2.75, 3.05) is 6.54 Å². The molecule has 0 spiro atoms. The van der Waals surface area contributed by atoms with E-state index in [9.17, 15) is 22.2 Å². The Balaban J connectivity index is 1.90. The first kappa shape index (κ1) is 23.7. The number of nitrogens with zero attached hydrogens (tertiary/aromatic N) is 2. The fourth-order valence-electron chi connectivity index (χ4n) is 2.92. The number of rotatable bonds is 6. The topological polar surface area (TPSA) is 95.8 Å². The van der Waals surface area contributed by atoms with E-state index in [1.165, 1.54) is 6.07 Å². The molecule has 0 unspecified atom stereocenters. The van der Waals surface area contributed by atoms with Gasteiger partial charge in [-0.3, -0.25) is 4.79 Å². The zero-order valence-corrected chi connectivity index (χ0v) is 18.3. The van der Waals surface area contributed by atoms with Crippen LogP contribution < -0.4 is 5.32 Å². The fraction of sp³-hybridized carbons (Fsp3) is 0.190. The van der Waals surface area contributed by atoms with Crippen LogP contribution in [0.25, 0.3) is 0 Å². The summed E-state index contributed by atoms with van der Waals surface area (Å²) in [6.45, 7) is 1.74. The third kappa shape index (κ3) is 5.25. The number of aryl methyl sites for hydroxylation is 1. The summed E-state index contributed by atoms with van der Waals surface area (Å²) in [6.07, 6.45) is -4.26. The van der Waals surface area contributed by atoms with Gasteiger partial charge in [0.15, 0.2) is 5.03 Å². The van der Waals surface area contributed by atoms with Crippen LogP contribution in [0.2, 0.25) is 5.02 Å². The molecule has 3 aromatic rings. The number of carbonyl (C=O) groups excluding carboxylic acids is 1. The van der Waals surface area contributed by atoms with Gasteiger partial charge in [-0.15, -0.1) is 5.10 Å². The van der Waals surface area contributed by atoms with Crippen LogP contribution in [0.5, 0.6) is 0 Å². The zero-order valence-electron chi connectivity index (χ0n) is 16.7. The molecule has 2 N–H and O–H groups in total. The van der Waals surface area contributed by atoms with Crippen LogP contribution in [-0.2, 0) is 22.3 Å². The van der Waals surface area contributed by atoms with Crippen LogP contribution in [0.15, 0.2) is 64.5 Å². The van der Waals surface area contributed by atoms with E-state index in [4.69, 9.17) is 16.4 Å². The summed E-state index contributed by atoms with van der Waals surface area (Å²) in [6, 6.07) is 12.0. The average molecular weight is 483 g/mol. The normalized spacial score (nSPS) is 13.4. The number of benzene rings is 2. The Morgan fingerprint density at radius 1 is 1.12 bits per heavy atom. The number of hydrogen-bond donors (Lipinski definition) is 2. The highest BCUT2D eigenvalue weighted by atomic mass is 35.5. The molecule has 0 radical (unpaired) electrons. The van der Waals surface area contributed by atoms with Gasteiger partial charge in [-0.1, -0.05) is 35.9 Å². The number of hydrogen-bond acceptors (Lipinski definition) is 5. The molecular formula is C21H18ClF3N4O2S. The van der Waals surface area contributed by atoms with Crippen molar-refractivity contribution in [3.63, 3.8) is 0 Å². The van der Waals surface area contributed by atoms with Crippen molar-refractivity contribution in [1.82, 2.24) is 15.5 Å². The maximum atomic E-state index is 13.2. The van der Waals surface area contributed by atoms with Gasteiger partial charge in [0, 0.05) is 11.6 Å². The summed E-state index contributed by atoms with van der Waals surface area (Å²) in [7, 11) is -4.05. The highest BCUT2D eigenvalue weighted by Gasteiger charge is 2.32. The molecule has 1 amide bonds. The quantitative estimate of drug-likeness (QED) is 0.522. The molecule has 0 fully saturated rings. The molecule has 6 nitrogen and oxygen atoms in total. The second kappa shape index (κ2) is 9.25. The minimum absolute atomic E-state index is 0.186. The highest BCUT2D eigenvalue weighted by molar-refractivity contribution is 7.92. The Hall–Kier alpha value is -2.98. The van der Waals surface area contributed by atoms with Crippen molar-refractivity contribution in [2.45, 2.75) is 29.4 Å². The molecule has 1 atom stereocenters. The summed E-state index contributed by atoms with van der Waals surface area (Å²) in [5.74, 6) is -0.669. The van der Waals surface area contributed by atoms with Gasteiger partial charge >= 0.3 is 6.18 Å². The maximum Gasteiger partial charge on any atom is 0.416 e. The van der Waals surface area contributed by atoms with E-state index >= 15 is 0 Å². The number of alkyl halides is 3. The molecule has 2 aromatic carbocycles. The van der Waals surface area contributed by atoms with Gasteiger partial charge in [0.2, 0.25) is 0 Å². The van der Waals surface area contributed by atoms with Crippen LogP contribution in [0.1, 0.15) is 27.2 Å². The second-order valence-corrected chi connectivity index (χ2v) is 9.26. The van der Waals surface area contributed by atoms with E-state index in [2.05, 4.69) is 15.5 Å². The molecule has 11 heteroatoms. The number of amides is 1. The molecule has 0 aliphatic heterocycles. The number of carbonyl (C=O) groups is 1. The largest absolute Gasteiger partial charge is 0.416 e. The van der Waals surface area contributed by atoms with Gasteiger partial charge in [0.25, 0.3) is 5.91 Å².